The smallest absolute Gasteiger partial charge is 0.315 e. The predicted molar refractivity (Wildman–Crippen MR) is 88.2 cm³/mol. The summed E-state index contributed by atoms with van der Waals surface area (Å²) < 4.78 is 7.91. The van der Waals surface area contributed by atoms with E-state index in [1.54, 1.807) is 0 Å². The maximum absolute atomic E-state index is 11.9. The van der Waals surface area contributed by atoms with E-state index in [9.17, 15) is 4.79 Å². The standard InChI is InChI=1S/C17H24N4O2/c1-17(2)8-5-6-14(23-17)11-19-16(22)18-10-13-12-21-9-4-3-7-15(21)20-13/h3-4,7,9,12,14H,5-6,8,10-11H2,1-2H3,(H2,18,19,22). The molecule has 0 aromatic carbocycles. The van der Waals surface area contributed by atoms with Crippen LogP contribution in [0.5, 0.6) is 0 Å². The SMILES string of the molecule is CC1(C)CCCC(CNC(=O)NCc2cn3ccccc3n2)O1. The van der Waals surface area contributed by atoms with Crippen molar-refractivity contribution in [3.05, 3.63) is 36.3 Å². The Kier molecular flexibility index (Phi) is 4.52. The zero-order chi connectivity index (χ0) is 16.3. The summed E-state index contributed by atoms with van der Waals surface area (Å²) in [5.41, 5.74) is 1.63. The molecule has 1 unspecified atom stereocenters. The number of aromatic nitrogens is 2. The van der Waals surface area contributed by atoms with Crippen molar-refractivity contribution in [1.82, 2.24) is 20.0 Å². The van der Waals surface area contributed by atoms with Crippen molar-refractivity contribution >= 4 is 11.7 Å². The number of hydrogen-bond acceptors (Lipinski definition) is 3. The van der Waals surface area contributed by atoms with Crippen molar-refractivity contribution in [2.24, 2.45) is 0 Å². The molecule has 1 saturated heterocycles. The first-order valence-electron chi connectivity index (χ1n) is 8.14. The van der Waals surface area contributed by atoms with E-state index in [0.29, 0.717) is 13.1 Å². The molecular formula is C17H24N4O2. The lowest BCUT2D eigenvalue weighted by Gasteiger charge is -2.36. The van der Waals surface area contributed by atoms with Gasteiger partial charge in [0, 0.05) is 18.9 Å². The molecule has 1 aliphatic heterocycles. The molecule has 1 atom stereocenters. The highest BCUT2D eigenvalue weighted by atomic mass is 16.5. The van der Waals surface area contributed by atoms with Crippen LogP contribution >= 0.6 is 0 Å². The van der Waals surface area contributed by atoms with Crippen LogP contribution in [0.4, 0.5) is 4.79 Å². The lowest BCUT2D eigenvalue weighted by molar-refractivity contribution is -0.103. The van der Waals surface area contributed by atoms with E-state index in [-0.39, 0.29) is 17.7 Å². The second kappa shape index (κ2) is 6.58. The molecule has 1 aliphatic rings. The van der Waals surface area contributed by atoms with Crippen LogP contribution in [-0.4, -0.2) is 33.7 Å². The van der Waals surface area contributed by atoms with Crippen LogP contribution in [0.15, 0.2) is 30.6 Å². The molecule has 1 fully saturated rings. The Morgan fingerprint density at radius 2 is 2.30 bits per heavy atom. The number of ether oxygens (including phenoxy) is 1. The quantitative estimate of drug-likeness (QED) is 0.910. The lowest BCUT2D eigenvalue weighted by Crippen LogP contribution is -2.44. The topological polar surface area (TPSA) is 67.7 Å². The Balaban J connectivity index is 1.44. The maximum atomic E-state index is 11.9. The Bertz CT molecular complexity index is 647. The first-order valence-corrected chi connectivity index (χ1v) is 8.14. The van der Waals surface area contributed by atoms with Crippen LogP contribution in [0.1, 0.15) is 38.8 Å². The van der Waals surface area contributed by atoms with E-state index in [2.05, 4.69) is 29.5 Å². The van der Waals surface area contributed by atoms with Gasteiger partial charge >= 0.3 is 6.03 Å². The van der Waals surface area contributed by atoms with E-state index in [1.807, 2.05) is 35.0 Å². The van der Waals surface area contributed by atoms with Crippen LogP contribution in [0, 0.1) is 0 Å². The summed E-state index contributed by atoms with van der Waals surface area (Å²) >= 11 is 0. The van der Waals surface area contributed by atoms with E-state index < -0.39 is 0 Å². The van der Waals surface area contributed by atoms with Crippen LogP contribution in [0.2, 0.25) is 0 Å². The molecule has 2 aromatic rings. The first-order chi connectivity index (χ1) is 11.0. The van der Waals surface area contributed by atoms with E-state index >= 15 is 0 Å². The third-order valence-corrected chi connectivity index (χ3v) is 4.12. The number of pyridine rings is 1. The third-order valence-electron chi connectivity index (χ3n) is 4.12. The molecule has 2 N–H and O–H groups in total. The molecule has 3 rings (SSSR count). The minimum Gasteiger partial charge on any atom is -0.371 e. The number of nitrogens with one attached hydrogen (secondary N) is 2. The fourth-order valence-electron chi connectivity index (χ4n) is 2.98. The number of imidazole rings is 1. The van der Waals surface area contributed by atoms with Gasteiger partial charge in [0.1, 0.15) is 5.65 Å². The second-order valence-corrected chi connectivity index (χ2v) is 6.65. The van der Waals surface area contributed by atoms with E-state index in [0.717, 1.165) is 30.6 Å². The Morgan fingerprint density at radius 1 is 1.43 bits per heavy atom. The summed E-state index contributed by atoms with van der Waals surface area (Å²) in [6.07, 6.45) is 7.16. The summed E-state index contributed by atoms with van der Waals surface area (Å²) in [4.78, 5) is 16.4. The van der Waals surface area contributed by atoms with Crippen molar-refractivity contribution in [1.29, 1.82) is 0 Å². The molecule has 6 nitrogen and oxygen atoms in total. The van der Waals surface area contributed by atoms with Crippen molar-refractivity contribution in [3.8, 4) is 0 Å². The second-order valence-electron chi connectivity index (χ2n) is 6.65. The van der Waals surface area contributed by atoms with Gasteiger partial charge in [-0.15, -0.1) is 0 Å². The molecule has 0 bridgehead atoms. The van der Waals surface area contributed by atoms with Gasteiger partial charge in [-0.3, -0.25) is 0 Å². The normalized spacial score (nSPS) is 20.3. The summed E-state index contributed by atoms with van der Waals surface area (Å²) in [5, 5.41) is 5.72. The molecule has 6 heteroatoms. The van der Waals surface area contributed by atoms with Crippen molar-refractivity contribution in [3.63, 3.8) is 0 Å². The van der Waals surface area contributed by atoms with E-state index in [4.69, 9.17) is 4.74 Å². The van der Waals surface area contributed by atoms with Gasteiger partial charge in [0.05, 0.1) is 23.9 Å². The maximum Gasteiger partial charge on any atom is 0.315 e. The minimum atomic E-state index is -0.186. The number of fused-ring (bicyclic) bond motifs is 1. The largest absolute Gasteiger partial charge is 0.371 e. The molecule has 124 valence electrons. The fraction of sp³-hybridized carbons (Fsp3) is 0.529. The fourth-order valence-corrected chi connectivity index (χ4v) is 2.98. The van der Waals surface area contributed by atoms with Crippen molar-refractivity contribution in [2.45, 2.75) is 51.4 Å². The van der Waals surface area contributed by atoms with Crippen molar-refractivity contribution < 1.29 is 9.53 Å². The Morgan fingerprint density at radius 3 is 3.09 bits per heavy atom. The van der Waals surface area contributed by atoms with Gasteiger partial charge in [-0.25, -0.2) is 9.78 Å². The number of nitrogens with zero attached hydrogens (tertiary/aromatic N) is 2. The van der Waals surface area contributed by atoms with Gasteiger partial charge < -0.3 is 19.8 Å². The van der Waals surface area contributed by atoms with Crippen LogP contribution in [0.25, 0.3) is 5.65 Å². The summed E-state index contributed by atoms with van der Waals surface area (Å²) in [6, 6.07) is 5.64. The molecule has 3 heterocycles. The van der Waals surface area contributed by atoms with Crippen LogP contribution < -0.4 is 10.6 Å². The van der Waals surface area contributed by atoms with Gasteiger partial charge in [-0.1, -0.05) is 6.07 Å². The number of carbonyl (C=O) groups excluding carboxylic acids is 1. The number of carbonyl (C=O) groups is 1. The number of rotatable bonds is 4. The zero-order valence-corrected chi connectivity index (χ0v) is 13.7. The molecule has 2 aromatic heterocycles. The average Bonchev–Trinajstić information content (AvgIpc) is 2.93. The summed E-state index contributed by atoms with van der Waals surface area (Å²) in [7, 11) is 0. The van der Waals surface area contributed by atoms with Crippen LogP contribution in [-0.2, 0) is 11.3 Å². The Labute approximate surface area is 136 Å². The highest BCUT2D eigenvalue weighted by Gasteiger charge is 2.28. The number of amides is 2. The monoisotopic (exact) mass is 316 g/mol. The van der Waals surface area contributed by atoms with E-state index in [1.165, 1.54) is 0 Å². The number of urea groups is 1. The first kappa shape index (κ1) is 15.8. The van der Waals surface area contributed by atoms with Gasteiger partial charge in [-0.2, -0.15) is 0 Å². The van der Waals surface area contributed by atoms with Gasteiger partial charge in [0.25, 0.3) is 0 Å². The predicted octanol–water partition coefficient (Wildman–Crippen LogP) is 2.48. The highest BCUT2D eigenvalue weighted by molar-refractivity contribution is 5.73. The molecule has 0 spiro atoms. The Hall–Kier alpha value is -2.08. The summed E-state index contributed by atoms with van der Waals surface area (Å²) in [5.74, 6) is 0. The van der Waals surface area contributed by atoms with Gasteiger partial charge in [-0.05, 0) is 45.2 Å². The molecule has 0 aliphatic carbocycles. The zero-order valence-electron chi connectivity index (χ0n) is 13.7. The van der Waals surface area contributed by atoms with Gasteiger partial charge in [0.15, 0.2) is 0 Å². The highest BCUT2D eigenvalue weighted by Crippen LogP contribution is 2.27. The molecular weight excluding hydrogens is 292 g/mol. The summed E-state index contributed by atoms with van der Waals surface area (Å²) in [6.45, 7) is 5.15. The molecule has 0 radical (unpaired) electrons. The molecule has 23 heavy (non-hydrogen) atoms. The lowest BCUT2D eigenvalue weighted by atomic mass is 9.95. The number of hydrogen-bond donors (Lipinski definition) is 2. The molecule has 2 amide bonds. The third kappa shape index (κ3) is 4.22. The average molecular weight is 316 g/mol. The van der Waals surface area contributed by atoms with Crippen LogP contribution in [0.3, 0.4) is 0 Å². The van der Waals surface area contributed by atoms with Gasteiger partial charge in [0.2, 0.25) is 0 Å². The van der Waals surface area contributed by atoms with Crippen molar-refractivity contribution in [2.75, 3.05) is 6.54 Å². The minimum absolute atomic E-state index is 0.0857. The molecule has 0 saturated carbocycles.